The largest absolute Gasteiger partial charge is 0.350 e. The zero-order valence-corrected chi connectivity index (χ0v) is 21.8. The smallest absolute Gasteiger partial charge is 0.249 e. The third-order valence-corrected chi connectivity index (χ3v) is 7.31. The van der Waals surface area contributed by atoms with Gasteiger partial charge in [0, 0.05) is 5.75 Å². The lowest BCUT2D eigenvalue weighted by Gasteiger charge is -2.27. The Labute approximate surface area is 210 Å². The number of pyridine rings is 1. The normalized spacial score (nSPS) is 26.3. The Bertz CT molecular complexity index is 1010. The first kappa shape index (κ1) is 26.3. The van der Waals surface area contributed by atoms with E-state index in [0.717, 1.165) is 5.56 Å². The van der Waals surface area contributed by atoms with Crippen molar-refractivity contribution in [2.24, 2.45) is 10.9 Å². The van der Waals surface area contributed by atoms with Crippen molar-refractivity contribution in [2.45, 2.75) is 64.7 Å². The maximum atomic E-state index is 13.3. The molecule has 4 bridgehead atoms. The Morgan fingerprint density at radius 1 is 1.26 bits per heavy atom. The number of hydrogen-bond donors (Lipinski definition) is 4. The molecule has 0 fully saturated rings. The number of hydrogen-bond acceptors (Lipinski definition) is 7. The van der Waals surface area contributed by atoms with E-state index in [4.69, 9.17) is 9.98 Å². The predicted molar refractivity (Wildman–Crippen MR) is 139 cm³/mol. The molecule has 8 nitrogen and oxygen atoms in total. The van der Waals surface area contributed by atoms with Crippen molar-refractivity contribution in [2.75, 3.05) is 11.5 Å². The second-order valence-corrected chi connectivity index (χ2v) is 10.6. The van der Waals surface area contributed by atoms with E-state index in [1.165, 1.54) is 11.8 Å². The average Bonchev–Trinajstić information content (AvgIpc) is 3.19. The van der Waals surface area contributed by atoms with Gasteiger partial charge in [-0.15, -0.1) is 11.8 Å². The number of carbonyl (C=O) groups excluding carboxylic acids is 3. The van der Waals surface area contributed by atoms with E-state index in [9.17, 15) is 14.4 Å². The molecule has 1 aromatic rings. The summed E-state index contributed by atoms with van der Waals surface area (Å²) in [6.07, 6.45) is 4.50. The van der Waals surface area contributed by atoms with Gasteiger partial charge in [0.1, 0.15) is 16.6 Å². The first-order valence-electron chi connectivity index (χ1n) is 11.5. The molecule has 2 aliphatic rings. The van der Waals surface area contributed by atoms with Crippen molar-refractivity contribution < 1.29 is 14.4 Å². The van der Waals surface area contributed by atoms with Crippen molar-refractivity contribution >= 4 is 47.2 Å². The van der Waals surface area contributed by atoms with Gasteiger partial charge >= 0.3 is 0 Å². The fourth-order valence-corrected chi connectivity index (χ4v) is 5.06. The second kappa shape index (κ2) is 11.4. The predicted octanol–water partition coefficient (Wildman–Crippen LogP) is 2.16. The monoisotopic (exact) mass is 503 g/mol. The van der Waals surface area contributed by atoms with E-state index in [2.05, 4.69) is 28.6 Å². The lowest BCUT2D eigenvalue weighted by Crippen LogP contribution is -2.56. The van der Waals surface area contributed by atoms with Crippen LogP contribution >= 0.6 is 24.4 Å². The molecule has 10 heteroatoms. The number of fused-ring (bicyclic) bond motifs is 4. The summed E-state index contributed by atoms with van der Waals surface area (Å²) >= 11 is 5.68. The van der Waals surface area contributed by atoms with Crippen LogP contribution in [0.25, 0.3) is 0 Å². The standard InChI is InChI=1S/C24H33N5O3S2/c1-14(2)19-21(31)27-16(7-5-6-10-33)11-18(30)25-12-17-9-8-15(3)20(26-17)22-29-24(4,13-34-22)23(32)28-19/h5,7-9,14,16,19,33H,6,10-13H2,1-4H3,(H,25,30)(H,27,31)(H,28,32)/b7-5+. The molecule has 3 heterocycles. The van der Waals surface area contributed by atoms with Gasteiger partial charge in [0.2, 0.25) is 17.7 Å². The van der Waals surface area contributed by atoms with E-state index < -0.39 is 17.6 Å². The highest BCUT2D eigenvalue weighted by Gasteiger charge is 2.41. The number of nitrogens with zero attached hydrogens (tertiary/aromatic N) is 2. The number of carbonyl (C=O) groups is 3. The summed E-state index contributed by atoms with van der Waals surface area (Å²) < 4.78 is 0. The summed E-state index contributed by atoms with van der Waals surface area (Å²) in [4.78, 5) is 48.6. The van der Waals surface area contributed by atoms with E-state index >= 15 is 0 Å². The molecule has 0 radical (unpaired) electrons. The molecular formula is C24H33N5O3S2. The van der Waals surface area contributed by atoms with Crippen molar-refractivity contribution in [1.82, 2.24) is 20.9 Å². The van der Waals surface area contributed by atoms with Crippen LogP contribution in [-0.4, -0.2) is 56.9 Å². The number of aromatic nitrogens is 1. The number of amides is 3. The summed E-state index contributed by atoms with van der Waals surface area (Å²) in [6.45, 7) is 7.74. The molecule has 3 rings (SSSR count). The molecule has 3 N–H and O–H groups in total. The molecule has 3 unspecified atom stereocenters. The van der Waals surface area contributed by atoms with Gasteiger partial charge in [-0.05, 0) is 43.6 Å². The van der Waals surface area contributed by atoms with E-state index in [0.29, 0.717) is 34.4 Å². The maximum absolute atomic E-state index is 13.3. The SMILES string of the molecule is Cc1ccc2nc1C1=NC(C)(CS1)C(=O)NC(C(C)C)C(=O)NC(/C=C/CCS)CC(=O)NC2. The summed E-state index contributed by atoms with van der Waals surface area (Å²) in [5, 5.41) is 9.43. The number of rotatable bonds is 4. The molecule has 1 aromatic heterocycles. The Kier molecular flexibility index (Phi) is 8.81. The number of aryl methyl sites for hydroxylation is 1. The summed E-state index contributed by atoms with van der Waals surface area (Å²) in [7, 11) is 0. The lowest BCUT2D eigenvalue weighted by atomic mass is 9.99. The number of nitrogens with one attached hydrogen (secondary N) is 3. The minimum atomic E-state index is -1.01. The first-order valence-corrected chi connectivity index (χ1v) is 13.1. The van der Waals surface area contributed by atoms with Crippen LogP contribution in [0.4, 0.5) is 0 Å². The minimum absolute atomic E-state index is 0.0760. The van der Waals surface area contributed by atoms with Crippen molar-refractivity contribution in [3.05, 3.63) is 41.2 Å². The van der Waals surface area contributed by atoms with E-state index in [-0.39, 0.29) is 36.6 Å². The molecule has 0 saturated heterocycles. The van der Waals surface area contributed by atoms with Crippen LogP contribution in [-0.2, 0) is 20.9 Å². The fraction of sp³-hybridized carbons (Fsp3) is 0.542. The summed E-state index contributed by atoms with van der Waals surface area (Å²) in [5.41, 5.74) is 1.36. The zero-order valence-electron chi connectivity index (χ0n) is 20.1. The molecule has 34 heavy (non-hydrogen) atoms. The fourth-order valence-electron chi connectivity index (χ4n) is 3.69. The quantitative estimate of drug-likeness (QED) is 0.372. The second-order valence-electron chi connectivity index (χ2n) is 9.18. The average molecular weight is 504 g/mol. The minimum Gasteiger partial charge on any atom is -0.350 e. The summed E-state index contributed by atoms with van der Waals surface area (Å²) in [6, 6.07) is 2.55. The van der Waals surface area contributed by atoms with Crippen LogP contribution < -0.4 is 16.0 Å². The highest BCUT2D eigenvalue weighted by Crippen LogP contribution is 2.32. The van der Waals surface area contributed by atoms with Gasteiger partial charge in [-0.2, -0.15) is 12.6 Å². The van der Waals surface area contributed by atoms with Gasteiger partial charge in [-0.3, -0.25) is 19.4 Å². The van der Waals surface area contributed by atoms with Crippen LogP contribution in [0.3, 0.4) is 0 Å². The molecule has 3 atom stereocenters. The van der Waals surface area contributed by atoms with Crippen LogP contribution in [0.15, 0.2) is 29.3 Å². The molecule has 3 amide bonds. The van der Waals surface area contributed by atoms with Gasteiger partial charge in [-0.25, -0.2) is 4.98 Å². The highest BCUT2D eigenvalue weighted by atomic mass is 32.2. The van der Waals surface area contributed by atoms with Crippen molar-refractivity contribution in [3.63, 3.8) is 0 Å². The zero-order chi connectivity index (χ0) is 24.9. The number of thiol groups is 1. The van der Waals surface area contributed by atoms with Crippen LogP contribution in [0.1, 0.15) is 50.6 Å². The van der Waals surface area contributed by atoms with Crippen molar-refractivity contribution in [1.29, 1.82) is 0 Å². The van der Waals surface area contributed by atoms with Gasteiger partial charge in [0.15, 0.2) is 0 Å². The highest BCUT2D eigenvalue weighted by molar-refractivity contribution is 8.14. The van der Waals surface area contributed by atoms with E-state index in [1.54, 1.807) is 6.92 Å². The third-order valence-electron chi connectivity index (χ3n) is 5.78. The van der Waals surface area contributed by atoms with Gasteiger partial charge in [-0.1, -0.05) is 32.1 Å². The Balaban J connectivity index is 1.98. The van der Waals surface area contributed by atoms with Gasteiger partial charge in [0.25, 0.3) is 0 Å². The van der Waals surface area contributed by atoms with Gasteiger partial charge in [0.05, 0.1) is 30.4 Å². The third kappa shape index (κ3) is 6.41. The Morgan fingerprint density at radius 3 is 2.74 bits per heavy atom. The Hall–Kier alpha value is -2.33. The molecule has 2 aliphatic heterocycles. The topological polar surface area (TPSA) is 113 Å². The van der Waals surface area contributed by atoms with E-state index in [1.807, 2.05) is 45.1 Å². The lowest BCUT2D eigenvalue weighted by molar-refractivity contribution is -0.132. The summed E-state index contributed by atoms with van der Waals surface area (Å²) in [5.74, 6) is 0.129. The van der Waals surface area contributed by atoms with Crippen LogP contribution in [0.5, 0.6) is 0 Å². The molecular weight excluding hydrogens is 470 g/mol. The molecule has 0 aromatic carbocycles. The molecule has 0 aliphatic carbocycles. The maximum Gasteiger partial charge on any atom is 0.249 e. The number of aliphatic imine (C=N–C) groups is 1. The van der Waals surface area contributed by atoms with Gasteiger partial charge < -0.3 is 16.0 Å². The van der Waals surface area contributed by atoms with Crippen LogP contribution in [0, 0.1) is 12.8 Å². The molecule has 0 spiro atoms. The molecule has 0 saturated carbocycles. The van der Waals surface area contributed by atoms with Crippen molar-refractivity contribution in [3.8, 4) is 0 Å². The number of thioether (sulfide) groups is 1. The molecule has 184 valence electrons. The number of allylic oxidation sites excluding steroid dienone is 1. The van der Waals surface area contributed by atoms with Crippen LogP contribution in [0.2, 0.25) is 0 Å². The first-order chi connectivity index (χ1) is 16.1. The Morgan fingerprint density at radius 2 is 2.03 bits per heavy atom.